The molecular formula is C9H8INO. The van der Waals surface area contributed by atoms with Crippen molar-refractivity contribution < 1.29 is 5.11 Å². The Morgan fingerprint density at radius 1 is 1.33 bits per heavy atom. The summed E-state index contributed by atoms with van der Waals surface area (Å²) < 4.78 is 0.804. The summed E-state index contributed by atoms with van der Waals surface area (Å²) in [5, 5.41) is 10.6. The molecule has 0 unspecified atom stereocenters. The molecule has 0 aliphatic heterocycles. The van der Waals surface area contributed by atoms with E-state index in [2.05, 4.69) is 27.6 Å². The van der Waals surface area contributed by atoms with Gasteiger partial charge in [-0.3, -0.25) is 0 Å². The molecule has 1 aromatic carbocycles. The summed E-state index contributed by atoms with van der Waals surface area (Å²) in [4.78, 5) is 3.16. The van der Waals surface area contributed by atoms with Gasteiger partial charge in [0.15, 0.2) is 0 Å². The number of aromatic amines is 1. The summed E-state index contributed by atoms with van der Waals surface area (Å²) in [5.74, 6) is 0.389. The van der Waals surface area contributed by atoms with Gasteiger partial charge in [-0.15, -0.1) is 0 Å². The highest BCUT2D eigenvalue weighted by atomic mass is 127. The van der Waals surface area contributed by atoms with Gasteiger partial charge in [0.2, 0.25) is 0 Å². The summed E-state index contributed by atoms with van der Waals surface area (Å²) >= 11 is 2.22. The van der Waals surface area contributed by atoms with E-state index in [1.165, 1.54) is 0 Å². The van der Waals surface area contributed by atoms with E-state index in [-0.39, 0.29) is 0 Å². The molecule has 1 heterocycles. The zero-order chi connectivity index (χ0) is 8.55. The molecule has 3 heteroatoms. The highest BCUT2D eigenvalue weighted by Crippen LogP contribution is 2.29. The van der Waals surface area contributed by atoms with Crippen LogP contribution in [0.3, 0.4) is 0 Å². The first-order valence-electron chi connectivity index (χ1n) is 3.67. The van der Waals surface area contributed by atoms with Gasteiger partial charge in [-0.05, 0) is 12.1 Å². The molecule has 0 saturated carbocycles. The minimum absolute atomic E-state index is 0.389. The molecule has 0 radical (unpaired) electrons. The van der Waals surface area contributed by atoms with E-state index in [0.29, 0.717) is 5.75 Å². The van der Waals surface area contributed by atoms with Crippen LogP contribution >= 0.6 is 22.6 Å². The van der Waals surface area contributed by atoms with Crippen molar-refractivity contribution in [3.63, 3.8) is 0 Å². The molecular weight excluding hydrogens is 265 g/mol. The molecule has 0 atom stereocenters. The van der Waals surface area contributed by atoms with E-state index in [1.807, 2.05) is 24.3 Å². The van der Waals surface area contributed by atoms with Gasteiger partial charge in [-0.2, -0.15) is 0 Å². The number of aromatic hydroxyl groups is 1. The van der Waals surface area contributed by atoms with Crippen molar-refractivity contribution in [3.05, 3.63) is 30.0 Å². The quantitative estimate of drug-likeness (QED) is 0.608. The first kappa shape index (κ1) is 7.91. The van der Waals surface area contributed by atoms with Crippen LogP contribution in [-0.4, -0.2) is 10.1 Å². The van der Waals surface area contributed by atoms with Crippen molar-refractivity contribution in [2.75, 3.05) is 0 Å². The van der Waals surface area contributed by atoms with E-state index in [0.717, 1.165) is 21.0 Å². The van der Waals surface area contributed by atoms with E-state index >= 15 is 0 Å². The standard InChI is InChI=1S/C9H8INO/c10-5-8-9(12)6-3-1-2-4-7(6)11-8/h1-4,11-12H,5H2. The zero-order valence-corrected chi connectivity index (χ0v) is 8.50. The van der Waals surface area contributed by atoms with Crippen molar-refractivity contribution in [1.29, 1.82) is 0 Å². The number of H-pyrrole nitrogens is 1. The first-order chi connectivity index (χ1) is 5.83. The summed E-state index contributed by atoms with van der Waals surface area (Å²) in [6, 6.07) is 7.75. The lowest BCUT2D eigenvalue weighted by molar-refractivity contribution is 0.477. The van der Waals surface area contributed by atoms with Gasteiger partial charge in [-0.25, -0.2) is 0 Å². The molecule has 1 aromatic heterocycles. The fraction of sp³-hybridized carbons (Fsp3) is 0.111. The average Bonchev–Trinajstić information content (AvgIpc) is 2.44. The lowest BCUT2D eigenvalue weighted by Crippen LogP contribution is -1.73. The van der Waals surface area contributed by atoms with Gasteiger partial charge >= 0.3 is 0 Å². The molecule has 2 rings (SSSR count). The normalized spacial score (nSPS) is 10.8. The van der Waals surface area contributed by atoms with Crippen molar-refractivity contribution in [2.45, 2.75) is 4.43 Å². The number of hydrogen-bond acceptors (Lipinski definition) is 1. The number of nitrogens with one attached hydrogen (secondary N) is 1. The number of aromatic nitrogens is 1. The van der Waals surface area contributed by atoms with Crippen LogP contribution in [0, 0.1) is 0 Å². The Bertz CT molecular complexity index is 408. The number of halogens is 1. The largest absolute Gasteiger partial charge is 0.505 e. The second kappa shape index (κ2) is 2.97. The van der Waals surface area contributed by atoms with Crippen molar-refractivity contribution in [1.82, 2.24) is 4.98 Å². The maximum absolute atomic E-state index is 9.65. The lowest BCUT2D eigenvalue weighted by atomic mass is 10.2. The average molecular weight is 273 g/mol. The molecule has 2 N–H and O–H groups in total. The highest BCUT2D eigenvalue weighted by molar-refractivity contribution is 14.1. The summed E-state index contributed by atoms with van der Waals surface area (Å²) in [6.07, 6.45) is 0. The minimum atomic E-state index is 0.389. The highest BCUT2D eigenvalue weighted by Gasteiger charge is 2.06. The van der Waals surface area contributed by atoms with Crippen LogP contribution in [0.1, 0.15) is 5.69 Å². The third kappa shape index (κ3) is 1.08. The Balaban J connectivity index is 2.78. The fourth-order valence-corrected chi connectivity index (χ4v) is 1.83. The third-order valence-corrected chi connectivity index (χ3v) is 2.65. The maximum Gasteiger partial charge on any atom is 0.144 e. The molecule has 0 fully saturated rings. The van der Waals surface area contributed by atoms with Crippen LogP contribution in [0.15, 0.2) is 24.3 Å². The summed E-state index contributed by atoms with van der Waals surface area (Å²) in [5.41, 5.74) is 1.90. The molecule has 0 amide bonds. The van der Waals surface area contributed by atoms with Crippen LogP contribution in [0.2, 0.25) is 0 Å². The zero-order valence-electron chi connectivity index (χ0n) is 6.34. The molecule has 0 bridgehead atoms. The predicted octanol–water partition coefficient (Wildman–Crippen LogP) is 2.81. The second-order valence-corrected chi connectivity index (χ2v) is 3.39. The fourth-order valence-electron chi connectivity index (χ4n) is 1.28. The van der Waals surface area contributed by atoms with Gasteiger partial charge in [0, 0.05) is 15.3 Å². The van der Waals surface area contributed by atoms with Crippen LogP contribution in [0.25, 0.3) is 10.9 Å². The van der Waals surface area contributed by atoms with Crippen LogP contribution in [0.5, 0.6) is 5.75 Å². The van der Waals surface area contributed by atoms with Gasteiger partial charge in [0.1, 0.15) is 5.75 Å². The number of fused-ring (bicyclic) bond motifs is 1. The Labute approximate surface area is 83.7 Å². The Kier molecular flexibility index (Phi) is 1.96. The first-order valence-corrected chi connectivity index (χ1v) is 5.20. The SMILES string of the molecule is Oc1c(CI)[nH]c2ccccc12. The van der Waals surface area contributed by atoms with E-state index in [4.69, 9.17) is 0 Å². The van der Waals surface area contributed by atoms with Crippen LogP contribution in [0.4, 0.5) is 0 Å². The smallest absolute Gasteiger partial charge is 0.144 e. The molecule has 12 heavy (non-hydrogen) atoms. The van der Waals surface area contributed by atoms with Gasteiger partial charge < -0.3 is 10.1 Å². The van der Waals surface area contributed by atoms with Gasteiger partial charge in [0.05, 0.1) is 5.69 Å². The van der Waals surface area contributed by atoms with E-state index in [9.17, 15) is 5.11 Å². The molecule has 0 aliphatic rings. The minimum Gasteiger partial charge on any atom is -0.505 e. The number of benzene rings is 1. The second-order valence-electron chi connectivity index (χ2n) is 2.63. The van der Waals surface area contributed by atoms with Crippen LogP contribution in [-0.2, 0) is 4.43 Å². The Hall–Kier alpha value is -0.710. The van der Waals surface area contributed by atoms with E-state index < -0.39 is 0 Å². The van der Waals surface area contributed by atoms with E-state index in [1.54, 1.807) is 0 Å². The van der Waals surface area contributed by atoms with Crippen LogP contribution < -0.4 is 0 Å². The Morgan fingerprint density at radius 3 is 2.75 bits per heavy atom. The summed E-state index contributed by atoms with van der Waals surface area (Å²) in [6.45, 7) is 0. The monoisotopic (exact) mass is 273 g/mol. The molecule has 0 aliphatic carbocycles. The lowest BCUT2D eigenvalue weighted by Gasteiger charge is -1.89. The van der Waals surface area contributed by atoms with Crippen molar-refractivity contribution in [2.24, 2.45) is 0 Å². The topological polar surface area (TPSA) is 36.0 Å². The van der Waals surface area contributed by atoms with Gasteiger partial charge in [-0.1, -0.05) is 34.7 Å². The number of alkyl halides is 1. The molecule has 0 saturated heterocycles. The predicted molar refractivity (Wildman–Crippen MR) is 57.7 cm³/mol. The summed E-state index contributed by atoms with van der Waals surface area (Å²) in [7, 11) is 0. The Morgan fingerprint density at radius 2 is 2.08 bits per heavy atom. The molecule has 2 aromatic rings. The van der Waals surface area contributed by atoms with Crippen molar-refractivity contribution in [3.8, 4) is 5.75 Å². The number of rotatable bonds is 1. The third-order valence-electron chi connectivity index (χ3n) is 1.89. The molecule has 2 nitrogen and oxygen atoms in total. The van der Waals surface area contributed by atoms with Gasteiger partial charge in [0.25, 0.3) is 0 Å². The molecule has 62 valence electrons. The number of hydrogen-bond donors (Lipinski definition) is 2. The maximum atomic E-state index is 9.65. The molecule has 0 spiro atoms. The number of para-hydroxylation sites is 1. The van der Waals surface area contributed by atoms with Crippen molar-refractivity contribution >= 4 is 33.5 Å².